The van der Waals surface area contributed by atoms with Crippen molar-refractivity contribution in [1.29, 1.82) is 0 Å². The molecule has 1 aliphatic heterocycles. The molecule has 124 valence electrons. The van der Waals surface area contributed by atoms with Crippen LogP contribution in [0, 0.1) is 0 Å². The third-order valence-electron chi connectivity index (χ3n) is 3.86. The smallest absolute Gasteiger partial charge is 0.271 e. The monoisotopic (exact) mass is 344 g/mol. The summed E-state index contributed by atoms with van der Waals surface area (Å²) in [5.74, 6) is 0.321. The standard InChI is InChI=1S/C16H16N4O3S/c21-15(12-9-20-6-8-24-16(20)19-12)18-11-4-7-22-10-13(11)23-14-3-1-2-5-17-14/h1-3,5-6,8-9,11,13H,4,7,10H2,(H,18,21)/t11-,13-/m1/s1. The fourth-order valence-electron chi connectivity index (χ4n) is 2.64. The normalized spacial score (nSPS) is 20.8. The van der Waals surface area contributed by atoms with E-state index in [-0.39, 0.29) is 18.1 Å². The lowest BCUT2D eigenvalue weighted by atomic mass is 10.1. The predicted molar refractivity (Wildman–Crippen MR) is 88.4 cm³/mol. The minimum atomic E-state index is -0.277. The molecule has 4 rings (SSSR count). The van der Waals surface area contributed by atoms with Crippen molar-refractivity contribution in [2.75, 3.05) is 13.2 Å². The number of ether oxygens (including phenoxy) is 2. The van der Waals surface area contributed by atoms with Crippen molar-refractivity contribution in [3.8, 4) is 5.88 Å². The number of pyridine rings is 1. The summed E-state index contributed by atoms with van der Waals surface area (Å²) in [7, 11) is 0. The molecular formula is C16H16N4O3S. The van der Waals surface area contributed by atoms with Crippen LogP contribution < -0.4 is 10.1 Å². The lowest BCUT2D eigenvalue weighted by Gasteiger charge is -2.31. The summed E-state index contributed by atoms with van der Waals surface area (Å²) in [5.41, 5.74) is 0.407. The molecule has 4 heterocycles. The van der Waals surface area contributed by atoms with Gasteiger partial charge in [0.1, 0.15) is 11.8 Å². The third-order valence-corrected chi connectivity index (χ3v) is 4.63. The first-order valence-electron chi connectivity index (χ1n) is 7.68. The Bertz CT molecular complexity index is 804. The number of nitrogens with zero attached hydrogens (tertiary/aromatic N) is 3. The summed E-state index contributed by atoms with van der Waals surface area (Å²) in [4.78, 5) is 21.8. The van der Waals surface area contributed by atoms with Crippen molar-refractivity contribution in [1.82, 2.24) is 19.7 Å². The lowest BCUT2D eigenvalue weighted by Crippen LogP contribution is -2.51. The van der Waals surface area contributed by atoms with E-state index in [9.17, 15) is 4.79 Å². The Morgan fingerprint density at radius 2 is 2.42 bits per heavy atom. The van der Waals surface area contributed by atoms with E-state index in [1.54, 1.807) is 18.5 Å². The number of fused-ring (bicyclic) bond motifs is 1. The fraction of sp³-hybridized carbons (Fsp3) is 0.312. The van der Waals surface area contributed by atoms with E-state index in [2.05, 4.69) is 15.3 Å². The lowest BCUT2D eigenvalue weighted by molar-refractivity contribution is -0.0153. The molecule has 0 radical (unpaired) electrons. The SMILES string of the molecule is O=C(N[C@@H]1CCOC[C@H]1Oc1ccccn1)c1cn2ccsc2n1. The molecule has 0 saturated carbocycles. The number of amides is 1. The minimum Gasteiger partial charge on any atom is -0.470 e. The van der Waals surface area contributed by atoms with E-state index in [0.717, 1.165) is 4.96 Å². The van der Waals surface area contributed by atoms with Crippen LogP contribution in [0.5, 0.6) is 5.88 Å². The summed E-state index contributed by atoms with van der Waals surface area (Å²) in [5, 5.41) is 4.94. The molecule has 3 aromatic heterocycles. The molecule has 3 aromatic rings. The van der Waals surface area contributed by atoms with Gasteiger partial charge in [0.2, 0.25) is 5.88 Å². The molecule has 7 nitrogen and oxygen atoms in total. The average molecular weight is 344 g/mol. The summed E-state index contributed by atoms with van der Waals surface area (Å²) < 4.78 is 13.2. The van der Waals surface area contributed by atoms with Gasteiger partial charge >= 0.3 is 0 Å². The predicted octanol–water partition coefficient (Wildman–Crippen LogP) is 1.76. The number of carbonyl (C=O) groups is 1. The number of thiazole rings is 1. The van der Waals surface area contributed by atoms with Gasteiger partial charge in [-0.25, -0.2) is 9.97 Å². The second kappa shape index (κ2) is 6.58. The average Bonchev–Trinajstić information content (AvgIpc) is 3.19. The van der Waals surface area contributed by atoms with Crippen LogP contribution >= 0.6 is 11.3 Å². The van der Waals surface area contributed by atoms with Crippen molar-refractivity contribution in [3.63, 3.8) is 0 Å². The number of rotatable bonds is 4. The van der Waals surface area contributed by atoms with E-state index in [4.69, 9.17) is 9.47 Å². The topological polar surface area (TPSA) is 77.8 Å². The highest BCUT2D eigenvalue weighted by molar-refractivity contribution is 7.15. The molecule has 24 heavy (non-hydrogen) atoms. The van der Waals surface area contributed by atoms with Gasteiger partial charge in [-0.15, -0.1) is 11.3 Å². The van der Waals surface area contributed by atoms with Crippen LogP contribution in [0.1, 0.15) is 16.9 Å². The van der Waals surface area contributed by atoms with Crippen LogP contribution in [-0.2, 0) is 4.74 Å². The molecule has 0 aromatic carbocycles. The van der Waals surface area contributed by atoms with E-state index < -0.39 is 0 Å². The molecule has 0 unspecified atom stereocenters. The Labute approximate surface area is 142 Å². The maximum Gasteiger partial charge on any atom is 0.271 e. The second-order valence-corrected chi connectivity index (χ2v) is 6.36. The number of hydrogen-bond donors (Lipinski definition) is 1. The highest BCUT2D eigenvalue weighted by Crippen LogP contribution is 2.16. The molecule has 0 spiro atoms. The summed E-state index contributed by atoms with van der Waals surface area (Å²) >= 11 is 1.49. The van der Waals surface area contributed by atoms with Crippen LogP contribution in [0.3, 0.4) is 0 Å². The zero-order valence-corrected chi connectivity index (χ0v) is 13.6. The Morgan fingerprint density at radius 3 is 3.25 bits per heavy atom. The molecule has 8 heteroatoms. The third kappa shape index (κ3) is 3.10. The van der Waals surface area contributed by atoms with Gasteiger partial charge in [-0.05, 0) is 12.5 Å². The van der Waals surface area contributed by atoms with E-state index in [1.807, 2.05) is 28.1 Å². The summed E-state index contributed by atoms with van der Waals surface area (Å²) in [6.45, 7) is 1.01. The zero-order chi connectivity index (χ0) is 16.4. The maximum absolute atomic E-state index is 12.5. The molecule has 1 aliphatic rings. The van der Waals surface area contributed by atoms with Crippen molar-refractivity contribution in [2.45, 2.75) is 18.6 Å². The number of nitrogens with one attached hydrogen (secondary N) is 1. The number of hydrogen-bond acceptors (Lipinski definition) is 6. The second-order valence-electron chi connectivity index (χ2n) is 5.49. The van der Waals surface area contributed by atoms with Gasteiger partial charge in [0.05, 0.1) is 12.6 Å². The van der Waals surface area contributed by atoms with Crippen LogP contribution in [0.25, 0.3) is 4.96 Å². The number of carbonyl (C=O) groups excluding carboxylic acids is 1. The van der Waals surface area contributed by atoms with Crippen molar-refractivity contribution in [2.24, 2.45) is 0 Å². The molecular weight excluding hydrogens is 328 g/mol. The van der Waals surface area contributed by atoms with Gasteiger partial charge in [-0.1, -0.05) is 6.07 Å². The molecule has 0 aliphatic carbocycles. The Kier molecular flexibility index (Phi) is 4.14. The minimum absolute atomic E-state index is 0.145. The summed E-state index contributed by atoms with van der Waals surface area (Å²) in [6.07, 6.45) is 5.69. The number of imidazole rings is 1. The van der Waals surface area contributed by atoms with Crippen LogP contribution in [0.4, 0.5) is 0 Å². The van der Waals surface area contributed by atoms with Crippen LogP contribution in [-0.4, -0.2) is 45.6 Å². The maximum atomic E-state index is 12.5. The molecule has 1 saturated heterocycles. The van der Waals surface area contributed by atoms with Crippen LogP contribution in [0.15, 0.2) is 42.2 Å². The van der Waals surface area contributed by atoms with Gasteiger partial charge in [0, 0.05) is 36.6 Å². The van der Waals surface area contributed by atoms with Crippen molar-refractivity contribution < 1.29 is 14.3 Å². The van der Waals surface area contributed by atoms with Gasteiger partial charge in [-0.2, -0.15) is 0 Å². The summed E-state index contributed by atoms with van der Waals surface area (Å²) in [6, 6.07) is 5.33. The molecule has 1 N–H and O–H groups in total. The van der Waals surface area contributed by atoms with Gasteiger partial charge in [-0.3, -0.25) is 9.20 Å². The fourth-order valence-corrected chi connectivity index (χ4v) is 3.34. The Morgan fingerprint density at radius 1 is 1.46 bits per heavy atom. The van der Waals surface area contributed by atoms with E-state index in [0.29, 0.717) is 31.2 Å². The van der Waals surface area contributed by atoms with Crippen LogP contribution in [0.2, 0.25) is 0 Å². The van der Waals surface area contributed by atoms with Crippen molar-refractivity contribution >= 4 is 22.2 Å². The largest absolute Gasteiger partial charge is 0.470 e. The van der Waals surface area contributed by atoms with E-state index >= 15 is 0 Å². The molecule has 1 fully saturated rings. The Hall–Kier alpha value is -2.45. The molecule has 0 bridgehead atoms. The van der Waals surface area contributed by atoms with Gasteiger partial charge < -0.3 is 14.8 Å². The van der Waals surface area contributed by atoms with Gasteiger partial charge in [0.15, 0.2) is 4.96 Å². The zero-order valence-electron chi connectivity index (χ0n) is 12.8. The number of aromatic nitrogens is 3. The highest BCUT2D eigenvalue weighted by Gasteiger charge is 2.30. The first-order chi connectivity index (χ1) is 11.8. The van der Waals surface area contributed by atoms with E-state index in [1.165, 1.54) is 11.3 Å². The molecule has 1 amide bonds. The first kappa shape index (κ1) is 15.1. The van der Waals surface area contributed by atoms with Gasteiger partial charge in [0.25, 0.3) is 5.91 Å². The molecule has 2 atom stereocenters. The highest BCUT2D eigenvalue weighted by atomic mass is 32.1. The Balaban J connectivity index is 1.46. The quantitative estimate of drug-likeness (QED) is 0.780. The first-order valence-corrected chi connectivity index (χ1v) is 8.56. The van der Waals surface area contributed by atoms with Crippen molar-refractivity contribution in [3.05, 3.63) is 47.9 Å².